The summed E-state index contributed by atoms with van der Waals surface area (Å²) in [5.74, 6) is 0.221. The number of hydrogen-bond acceptors (Lipinski definition) is 1. The van der Waals surface area contributed by atoms with Crippen LogP contribution in [-0.2, 0) is 11.2 Å². The summed E-state index contributed by atoms with van der Waals surface area (Å²) >= 11 is 2.26. The first-order valence-corrected chi connectivity index (χ1v) is 4.92. The van der Waals surface area contributed by atoms with E-state index in [1.54, 1.807) is 6.92 Å². The molecule has 0 unspecified atom stereocenters. The lowest BCUT2D eigenvalue weighted by molar-refractivity contribution is -0.116. The second kappa shape index (κ2) is 4.03. The van der Waals surface area contributed by atoms with Gasteiger partial charge in [0.25, 0.3) is 0 Å². The first-order chi connectivity index (χ1) is 5.59. The van der Waals surface area contributed by atoms with Gasteiger partial charge >= 0.3 is 0 Å². The molecule has 0 aromatic heterocycles. The van der Waals surface area contributed by atoms with Crippen LogP contribution in [-0.4, -0.2) is 5.78 Å². The minimum Gasteiger partial charge on any atom is -0.300 e. The molecule has 0 bridgehead atoms. The summed E-state index contributed by atoms with van der Waals surface area (Å²) in [7, 11) is 0. The Bertz CT molecular complexity index is 305. The maximum Gasteiger partial charge on any atom is 0.134 e. The number of hydrogen-bond donors (Lipinski definition) is 0. The average Bonchev–Trinajstić information content (AvgIpc) is 1.96. The van der Waals surface area contributed by atoms with Gasteiger partial charge in [-0.25, -0.2) is 0 Å². The Balaban J connectivity index is 2.97. The molecule has 1 nitrogen and oxygen atoms in total. The normalized spacial score (nSPS) is 9.92. The molecule has 0 fully saturated rings. The SMILES string of the molecule is CC(=O)Cc1cc(C)ccc1I. The van der Waals surface area contributed by atoms with Crippen molar-refractivity contribution in [2.75, 3.05) is 0 Å². The van der Waals surface area contributed by atoms with Gasteiger partial charge in [-0.2, -0.15) is 0 Å². The molecule has 64 valence electrons. The monoisotopic (exact) mass is 274 g/mol. The third kappa shape index (κ3) is 2.59. The van der Waals surface area contributed by atoms with E-state index < -0.39 is 0 Å². The molecule has 0 aliphatic rings. The second-order valence-corrected chi connectivity index (χ2v) is 4.14. The van der Waals surface area contributed by atoms with Crippen molar-refractivity contribution < 1.29 is 4.79 Å². The fourth-order valence-corrected chi connectivity index (χ4v) is 1.63. The van der Waals surface area contributed by atoms with Crippen LogP contribution in [0.4, 0.5) is 0 Å². The zero-order valence-electron chi connectivity index (χ0n) is 7.23. The Morgan fingerprint density at radius 2 is 2.17 bits per heavy atom. The van der Waals surface area contributed by atoms with Crippen molar-refractivity contribution in [3.63, 3.8) is 0 Å². The number of aryl methyl sites for hydroxylation is 1. The summed E-state index contributed by atoms with van der Waals surface area (Å²) in [6, 6.07) is 6.18. The molecule has 0 N–H and O–H groups in total. The quantitative estimate of drug-likeness (QED) is 0.758. The molecule has 0 saturated heterocycles. The van der Waals surface area contributed by atoms with E-state index in [-0.39, 0.29) is 5.78 Å². The van der Waals surface area contributed by atoms with Crippen LogP contribution < -0.4 is 0 Å². The largest absolute Gasteiger partial charge is 0.300 e. The lowest BCUT2D eigenvalue weighted by Gasteiger charge is -2.02. The second-order valence-electron chi connectivity index (χ2n) is 2.97. The average molecular weight is 274 g/mol. The van der Waals surface area contributed by atoms with E-state index in [1.165, 1.54) is 9.13 Å². The van der Waals surface area contributed by atoms with Crippen LogP contribution in [0.2, 0.25) is 0 Å². The van der Waals surface area contributed by atoms with E-state index >= 15 is 0 Å². The molecule has 2 heteroatoms. The van der Waals surface area contributed by atoms with Gasteiger partial charge in [-0.15, -0.1) is 0 Å². The van der Waals surface area contributed by atoms with Gasteiger partial charge in [-0.1, -0.05) is 17.7 Å². The van der Waals surface area contributed by atoms with E-state index in [0.717, 1.165) is 5.56 Å². The summed E-state index contributed by atoms with van der Waals surface area (Å²) in [6.07, 6.45) is 0.556. The van der Waals surface area contributed by atoms with Gasteiger partial charge in [-0.3, -0.25) is 4.79 Å². The third-order valence-electron chi connectivity index (χ3n) is 1.64. The van der Waals surface area contributed by atoms with Crippen molar-refractivity contribution in [3.05, 3.63) is 32.9 Å². The molecule has 12 heavy (non-hydrogen) atoms. The number of ketones is 1. The van der Waals surface area contributed by atoms with Crippen LogP contribution in [0.25, 0.3) is 0 Å². The van der Waals surface area contributed by atoms with E-state index in [0.29, 0.717) is 6.42 Å². The van der Waals surface area contributed by atoms with Crippen LogP contribution in [0.1, 0.15) is 18.1 Å². The molecule has 0 atom stereocenters. The van der Waals surface area contributed by atoms with E-state index in [2.05, 4.69) is 34.7 Å². The number of carbonyl (C=O) groups is 1. The Labute approximate surface area is 86.3 Å². The van der Waals surface area contributed by atoms with Gasteiger partial charge in [0.15, 0.2) is 0 Å². The van der Waals surface area contributed by atoms with Crippen LogP contribution in [0.3, 0.4) is 0 Å². The van der Waals surface area contributed by atoms with Gasteiger partial charge in [0.05, 0.1) is 0 Å². The molecule has 0 saturated carbocycles. The van der Waals surface area contributed by atoms with Crippen molar-refractivity contribution in [1.29, 1.82) is 0 Å². The highest BCUT2D eigenvalue weighted by atomic mass is 127. The molecule has 1 aromatic carbocycles. The molecule has 1 aromatic rings. The fourth-order valence-electron chi connectivity index (χ4n) is 1.11. The topological polar surface area (TPSA) is 17.1 Å². The minimum atomic E-state index is 0.221. The number of benzene rings is 1. The lowest BCUT2D eigenvalue weighted by atomic mass is 10.1. The van der Waals surface area contributed by atoms with E-state index in [1.807, 2.05) is 13.0 Å². The van der Waals surface area contributed by atoms with Gasteiger partial charge in [-0.05, 0) is 48.1 Å². The van der Waals surface area contributed by atoms with Crippen LogP contribution in [0, 0.1) is 10.5 Å². The summed E-state index contributed by atoms with van der Waals surface area (Å²) in [4.78, 5) is 10.9. The fraction of sp³-hybridized carbons (Fsp3) is 0.300. The predicted octanol–water partition coefficient (Wildman–Crippen LogP) is 2.73. The molecule has 0 heterocycles. The number of carbonyl (C=O) groups excluding carboxylic acids is 1. The minimum absolute atomic E-state index is 0.221. The lowest BCUT2D eigenvalue weighted by Crippen LogP contribution is -1.98. The smallest absolute Gasteiger partial charge is 0.134 e. The third-order valence-corrected chi connectivity index (χ3v) is 2.69. The summed E-state index contributed by atoms with van der Waals surface area (Å²) in [5.41, 5.74) is 2.36. The molecule has 0 amide bonds. The Morgan fingerprint density at radius 3 is 2.75 bits per heavy atom. The molecule has 0 aliphatic heterocycles. The van der Waals surface area contributed by atoms with Gasteiger partial charge in [0.2, 0.25) is 0 Å². The maximum absolute atomic E-state index is 10.9. The molecule has 0 spiro atoms. The Kier molecular flexibility index (Phi) is 3.26. The van der Waals surface area contributed by atoms with Gasteiger partial charge in [0, 0.05) is 9.99 Å². The maximum atomic E-state index is 10.9. The summed E-state index contributed by atoms with van der Waals surface area (Å²) in [5, 5.41) is 0. The molecule has 0 radical (unpaired) electrons. The summed E-state index contributed by atoms with van der Waals surface area (Å²) < 4.78 is 1.17. The van der Waals surface area contributed by atoms with Crippen molar-refractivity contribution in [1.82, 2.24) is 0 Å². The zero-order valence-corrected chi connectivity index (χ0v) is 9.38. The highest BCUT2D eigenvalue weighted by Gasteiger charge is 2.02. The van der Waals surface area contributed by atoms with Crippen molar-refractivity contribution >= 4 is 28.4 Å². The molecular formula is C10H11IO. The predicted molar refractivity (Wildman–Crippen MR) is 58.3 cm³/mol. The van der Waals surface area contributed by atoms with Crippen molar-refractivity contribution in [2.45, 2.75) is 20.3 Å². The van der Waals surface area contributed by atoms with E-state index in [9.17, 15) is 4.79 Å². The zero-order chi connectivity index (χ0) is 9.14. The molecule has 1 rings (SSSR count). The Hall–Kier alpha value is -0.380. The first-order valence-electron chi connectivity index (χ1n) is 3.84. The van der Waals surface area contributed by atoms with Crippen LogP contribution in [0.5, 0.6) is 0 Å². The van der Waals surface area contributed by atoms with Crippen LogP contribution >= 0.6 is 22.6 Å². The van der Waals surface area contributed by atoms with Gasteiger partial charge < -0.3 is 0 Å². The summed E-state index contributed by atoms with van der Waals surface area (Å²) in [6.45, 7) is 3.66. The van der Waals surface area contributed by atoms with Crippen molar-refractivity contribution in [2.24, 2.45) is 0 Å². The highest BCUT2D eigenvalue weighted by molar-refractivity contribution is 14.1. The first kappa shape index (κ1) is 9.71. The number of halogens is 1. The molecule has 0 aliphatic carbocycles. The highest BCUT2D eigenvalue weighted by Crippen LogP contribution is 2.14. The Morgan fingerprint density at radius 1 is 1.50 bits per heavy atom. The standard InChI is InChI=1S/C10H11IO/c1-7-3-4-10(11)9(5-7)6-8(2)12/h3-5H,6H2,1-2H3. The van der Waals surface area contributed by atoms with Crippen LogP contribution in [0.15, 0.2) is 18.2 Å². The molecular weight excluding hydrogens is 263 g/mol. The van der Waals surface area contributed by atoms with E-state index in [4.69, 9.17) is 0 Å². The number of Topliss-reactive ketones (excluding diaryl/α,β-unsaturated/α-hetero) is 1. The van der Waals surface area contributed by atoms with Crippen molar-refractivity contribution in [3.8, 4) is 0 Å². The van der Waals surface area contributed by atoms with Gasteiger partial charge in [0.1, 0.15) is 5.78 Å². The number of rotatable bonds is 2.